The molecule has 2 aromatic heterocycles. The fraction of sp³-hybridized carbons (Fsp3) is 0.383. The van der Waals surface area contributed by atoms with Gasteiger partial charge in [0.1, 0.15) is 17.3 Å². The Morgan fingerprint density at radius 1 is 0.915 bits per heavy atom. The Kier molecular flexibility index (Phi) is 9.04. The first-order valence-corrected chi connectivity index (χ1v) is 21.8. The molecule has 5 aromatic rings. The van der Waals surface area contributed by atoms with Crippen LogP contribution in [0.15, 0.2) is 84.4 Å². The van der Waals surface area contributed by atoms with Gasteiger partial charge in [-0.3, -0.25) is 33.7 Å². The zero-order valence-electron chi connectivity index (χ0n) is 33.5. The molecule has 0 spiro atoms. The minimum Gasteiger partial charge on any atom is -0.507 e. The molecule has 3 aliphatic heterocycles. The normalized spacial score (nSPS) is 27.4. The molecular weight excluding hydrogens is 782 g/mol. The van der Waals surface area contributed by atoms with Crippen molar-refractivity contribution in [1.29, 1.82) is 0 Å². The summed E-state index contributed by atoms with van der Waals surface area (Å²) in [4.78, 5) is 65.5. The number of likely N-dealkylation sites (tertiary alicyclic amines) is 2. The summed E-state index contributed by atoms with van der Waals surface area (Å²) in [6.45, 7) is 8.09. The smallest absolute Gasteiger partial charge is 0.242 e. The van der Waals surface area contributed by atoms with Gasteiger partial charge in [0.2, 0.25) is 23.6 Å². The van der Waals surface area contributed by atoms with E-state index < -0.39 is 35.0 Å². The second-order valence-corrected chi connectivity index (χ2v) is 18.9. The molecule has 0 radical (unpaired) electrons. The lowest BCUT2D eigenvalue weighted by Crippen LogP contribution is -2.49. The molecule has 10 rings (SSSR count). The first-order valence-electron chi connectivity index (χ1n) is 20.6. The van der Waals surface area contributed by atoms with Gasteiger partial charge >= 0.3 is 0 Å². The molecule has 1 saturated carbocycles. The van der Waals surface area contributed by atoms with Gasteiger partial charge in [-0.15, -0.1) is 11.3 Å². The number of hydrogen-bond acceptors (Lipinski definition) is 8. The van der Waals surface area contributed by atoms with Crippen molar-refractivity contribution >= 4 is 62.5 Å². The fourth-order valence-corrected chi connectivity index (χ4v) is 12.6. The number of carbonyl (C=O) groups is 4. The number of amides is 4. The summed E-state index contributed by atoms with van der Waals surface area (Å²) in [5, 5.41) is 18.2. The maximum Gasteiger partial charge on any atom is 0.242 e. The van der Waals surface area contributed by atoms with Gasteiger partial charge in [0, 0.05) is 60.0 Å². The van der Waals surface area contributed by atoms with Crippen LogP contribution in [-0.2, 0) is 32.8 Å². The van der Waals surface area contributed by atoms with E-state index in [1.807, 2.05) is 75.4 Å². The SMILES string of the molecule is Cc1cccc([C@H]2C3=CC[C@@H]4C(=O)N(C5CCN(Cc6ccccc6)CC5)C(=O)[C@@H]4[C@@H]3C[C@H]3C(=O)N(c4cc(-c5sc6ccc(Cl)cc6c5C)nn4C)C(=O)[C@@]23C)c1O. The zero-order valence-corrected chi connectivity index (χ0v) is 35.1. The number of hydrogen-bond donors (Lipinski definition) is 1. The third-order valence-corrected chi connectivity index (χ3v) is 15.8. The van der Waals surface area contributed by atoms with Crippen LogP contribution in [0.2, 0.25) is 5.02 Å². The predicted molar refractivity (Wildman–Crippen MR) is 228 cm³/mol. The number of aryl methyl sites for hydroxylation is 3. The van der Waals surface area contributed by atoms with E-state index in [-0.39, 0.29) is 41.8 Å². The van der Waals surface area contributed by atoms with Crippen LogP contribution in [0.4, 0.5) is 5.82 Å². The highest BCUT2D eigenvalue weighted by molar-refractivity contribution is 7.22. The largest absolute Gasteiger partial charge is 0.507 e. The van der Waals surface area contributed by atoms with E-state index in [9.17, 15) is 14.7 Å². The molecular formula is C47H46ClN5O5S. The second kappa shape index (κ2) is 14.0. The topological polar surface area (TPSA) is 116 Å². The number of phenolic OH excluding ortho intramolecular Hbond substituents is 1. The van der Waals surface area contributed by atoms with Gasteiger partial charge in [0.05, 0.1) is 28.0 Å². The van der Waals surface area contributed by atoms with E-state index >= 15 is 9.59 Å². The molecule has 0 bridgehead atoms. The highest BCUT2D eigenvalue weighted by atomic mass is 35.5. The highest BCUT2D eigenvalue weighted by Crippen LogP contribution is 2.64. The Morgan fingerprint density at radius 3 is 2.44 bits per heavy atom. The first-order chi connectivity index (χ1) is 28.4. The highest BCUT2D eigenvalue weighted by Gasteiger charge is 2.68. The summed E-state index contributed by atoms with van der Waals surface area (Å²) >= 11 is 7.93. The molecule has 3 aromatic carbocycles. The summed E-state index contributed by atoms with van der Waals surface area (Å²) in [7, 11) is 1.74. The van der Waals surface area contributed by atoms with E-state index in [4.69, 9.17) is 16.7 Å². The van der Waals surface area contributed by atoms with Crippen molar-refractivity contribution in [2.75, 3.05) is 18.0 Å². The number of nitrogens with zero attached hydrogens (tertiary/aromatic N) is 5. The molecule has 4 fully saturated rings. The van der Waals surface area contributed by atoms with Crippen LogP contribution in [0, 0.1) is 42.9 Å². The number of carbonyl (C=O) groups excluding carboxylic acids is 4. The van der Waals surface area contributed by atoms with Crippen LogP contribution in [0.25, 0.3) is 20.7 Å². The number of halogens is 1. The number of phenols is 1. The van der Waals surface area contributed by atoms with Crippen molar-refractivity contribution in [1.82, 2.24) is 19.6 Å². The average molecular weight is 828 g/mol. The number of fused-ring (bicyclic) bond motifs is 5. The van der Waals surface area contributed by atoms with Gasteiger partial charge in [0.15, 0.2) is 0 Å². The standard InChI is InChI=1S/C47H46ClN5O5S/c1-25-9-8-12-32(41(25)54)40-30-14-15-31-39(45(57)52(43(31)55)29-17-19-51(20-18-29)24-27-10-6-5-7-11-27)34(30)22-35-44(56)53(46(58)47(35,40)3)38-23-36(49-50(38)4)42-26(2)33-21-28(48)13-16-37(33)59-42/h5-14,16,21,23,29,31,34-35,39-40,54H,15,17-20,22,24H2,1-4H3/t31-,34+,35-,39-,40+,47+/m0/s1. The summed E-state index contributed by atoms with van der Waals surface area (Å²) in [5.41, 5.74) is 3.68. The van der Waals surface area contributed by atoms with Gasteiger partial charge < -0.3 is 5.11 Å². The Hall–Kier alpha value is -5.10. The average Bonchev–Trinajstić information content (AvgIpc) is 3.90. The molecule has 2 aliphatic carbocycles. The van der Waals surface area contributed by atoms with Crippen molar-refractivity contribution in [3.8, 4) is 16.3 Å². The van der Waals surface area contributed by atoms with E-state index in [1.54, 1.807) is 34.0 Å². The quantitative estimate of drug-likeness (QED) is 0.136. The van der Waals surface area contributed by atoms with Crippen LogP contribution in [0.3, 0.4) is 0 Å². The minimum atomic E-state index is -1.29. The predicted octanol–water partition coefficient (Wildman–Crippen LogP) is 8.17. The molecule has 5 heterocycles. The van der Waals surface area contributed by atoms with E-state index in [0.717, 1.165) is 45.7 Å². The lowest BCUT2D eigenvalue weighted by atomic mass is 9.51. The van der Waals surface area contributed by atoms with Crippen LogP contribution < -0.4 is 4.90 Å². The number of aromatic hydroxyl groups is 1. The number of rotatable bonds is 6. The lowest BCUT2D eigenvalue weighted by Gasteiger charge is -2.49. The molecule has 6 atom stereocenters. The van der Waals surface area contributed by atoms with Gasteiger partial charge in [-0.1, -0.05) is 71.8 Å². The van der Waals surface area contributed by atoms with Crippen LogP contribution >= 0.6 is 22.9 Å². The van der Waals surface area contributed by atoms with Crippen LogP contribution in [-0.4, -0.2) is 67.4 Å². The molecule has 302 valence electrons. The molecule has 59 heavy (non-hydrogen) atoms. The number of para-hydroxylation sites is 1. The van der Waals surface area contributed by atoms with E-state index in [2.05, 4.69) is 23.1 Å². The van der Waals surface area contributed by atoms with Gasteiger partial charge in [-0.25, -0.2) is 4.90 Å². The number of benzene rings is 3. The van der Waals surface area contributed by atoms with E-state index in [0.29, 0.717) is 46.9 Å². The summed E-state index contributed by atoms with van der Waals surface area (Å²) < 4.78 is 2.65. The number of piperidine rings is 1. The molecule has 5 aliphatic rings. The third kappa shape index (κ3) is 5.71. The Morgan fingerprint density at radius 2 is 1.68 bits per heavy atom. The molecule has 0 unspecified atom stereocenters. The van der Waals surface area contributed by atoms with Crippen LogP contribution in [0.1, 0.15) is 60.8 Å². The number of aromatic nitrogens is 2. The molecule has 3 saturated heterocycles. The molecule has 10 nitrogen and oxygen atoms in total. The van der Waals surface area contributed by atoms with Crippen molar-refractivity contribution in [2.45, 2.75) is 65.0 Å². The summed E-state index contributed by atoms with van der Waals surface area (Å²) in [6.07, 6.45) is 4.08. The Bertz CT molecular complexity index is 2630. The van der Waals surface area contributed by atoms with Crippen molar-refractivity contribution in [3.63, 3.8) is 0 Å². The minimum absolute atomic E-state index is 0.0701. The van der Waals surface area contributed by atoms with Crippen molar-refractivity contribution in [3.05, 3.63) is 112 Å². The maximum absolute atomic E-state index is 15.2. The van der Waals surface area contributed by atoms with Crippen LogP contribution in [0.5, 0.6) is 5.75 Å². The monoisotopic (exact) mass is 827 g/mol. The Balaban J connectivity index is 0.997. The summed E-state index contributed by atoms with van der Waals surface area (Å²) in [6, 6.07) is 23.2. The molecule has 1 N–H and O–H groups in total. The molecule has 12 heteroatoms. The number of imide groups is 2. The number of thiophene rings is 1. The lowest BCUT2D eigenvalue weighted by molar-refractivity contribution is -0.144. The fourth-order valence-electron chi connectivity index (χ4n) is 11.3. The zero-order chi connectivity index (χ0) is 41.1. The van der Waals surface area contributed by atoms with Crippen molar-refractivity contribution < 1.29 is 24.3 Å². The Labute approximate surface area is 352 Å². The van der Waals surface area contributed by atoms with Crippen molar-refractivity contribution in [2.24, 2.45) is 36.1 Å². The number of allylic oxidation sites excluding steroid dienone is 2. The third-order valence-electron chi connectivity index (χ3n) is 14.3. The molecule has 4 amide bonds. The van der Waals surface area contributed by atoms with Gasteiger partial charge in [-0.2, -0.15) is 5.10 Å². The van der Waals surface area contributed by atoms with Gasteiger partial charge in [-0.05, 0) is 92.6 Å². The second-order valence-electron chi connectivity index (χ2n) is 17.4. The maximum atomic E-state index is 15.2. The van der Waals surface area contributed by atoms with Gasteiger partial charge in [0.25, 0.3) is 0 Å². The first kappa shape index (κ1) is 38.1. The van der Waals surface area contributed by atoms with E-state index in [1.165, 1.54) is 10.5 Å². The number of anilines is 1. The summed E-state index contributed by atoms with van der Waals surface area (Å²) in [5.74, 6) is -3.74.